The summed E-state index contributed by atoms with van der Waals surface area (Å²) in [6, 6.07) is 0. The fourth-order valence-electron chi connectivity index (χ4n) is 3.00. The van der Waals surface area contributed by atoms with E-state index >= 15 is 0 Å². The van der Waals surface area contributed by atoms with Crippen molar-refractivity contribution in [1.82, 2.24) is 10.6 Å². The lowest BCUT2D eigenvalue weighted by molar-refractivity contribution is 0.137. The minimum absolute atomic E-state index is 0. The van der Waals surface area contributed by atoms with Gasteiger partial charge in [-0.2, -0.15) is 0 Å². The molecule has 1 rings (SSSR count). The van der Waals surface area contributed by atoms with Gasteiger partial charge in [0.1, 0.15) is 0 Å². The number of nitrogens with zero attached hydrogens (tertiary/aromatic N) is 1. The zero-order chi connectivity index (χ0) is 14.7. The first kappa shape index (κ1) is 21.0. The molecule has 0 atom stereocenters. The van der Waals surface area contributed by atoms with Crippen LogP contribution < -0.4 is 10.6 Å². The van der Waals surface area contributed by atoms with Crippen molar-refractivity contribution in [3.63, 3.8) is 0 Å². The Bertz CT molecular complexity index is 273. The molecule has 4 nitrogen and oxygen atoms in total. The van der Waals surface area contributed by atoms with Gasteiger partial charge in [-0.25, -0.2) is 0 Å². The molecule has 0 unspecified atom stereocenters. The van der Waals surface area contributed by atoms with E-state index in [9.17, 15) is 5.11 Å². The Morgan fingerprint density at radius 1 is 1.14 bits per heavy atom. The fourth-order valence-corrected chi connectivity index (χ4v) is 3.00. The molecule has 1 saturated carbocycles. The summed E-state index contributed by atoms with van der Waals surface area (Å²) >= 11 is 0. The maximum atomic E-state index is 9.35. The summed E-state index contributed by atoms with van der Waals surface area (Å²) in [5.41, 5.74) is 0.236. The molecular weight excluding hydrogens is 377 g/mol. The van der Waals surface area contributed by atoms with Crippen LogP contribution in [0.2, 0.25) is 0 Å². The molecule has 1 aliphatic carbocycles. The second-order valence-corrected chi connectivity index (χ2v) is 6.01. The van der Waals surface area contributed by atoms with Gasteiger partial charge in [-0.05, 0) is 38.0 Å². The second-order valence-electron chi connectivity index (χ2n) is 6.01. The molecular formula is C16H34IN3O. The highest BCUT2D eigenvalue weighted by atomic mass is 127. The van der Waals surface area contributed by atoms with Crippen molar-refractivity contribution in [2.75, 3.05) is 26.2 Å². The van der Waals surface area contributed by atoms with Crippen LogP contribution in [0.5, 0.6) is 0 Å². The molecule has 0 aromatic rings. The normalized spacial score (nSPS) is 18.0. The Morgan fingerprint density at radius 2 is 1.86 bits per heavy atom. The zero-order valence-electron chi connectivity index (χ0n) is 13.8. The molecule has 0 aromatic heterocycles. The van der Waals surface area contributed by atoms with Crippen LogP contribution in [-0.4, -0.2) is 37.3 Å². The summed E-state index contributed by atoms with van der Waals surface area (Å²) in [7, 11) is 0. The minimum Gasteiger partial charge on any atom is -0.396 e. The van der Waals surface area contributed by atoms with Crippen LogP contribution in [0.25, 0.3) is 0 Å². The number of aliphatic imine (C=N–C) groups is 1. The molecule has 0 aromatic carbocycles. The molecule has 126 valence electrons. The Morgan fingerprint density at radius 3 is 2.43 bits per heavy atom. The molecule has 0 aliphatic heterocycles. The molecule has 0 heterocycles. The van der Waals surface area contributed by atoms with E-state index in [1.54, 1.807) is 0 Å². The molecule has 0 saturated heterocycles. The molecule has 3 N–H and O–H groups in total. The predicted octanol–water partition coefficient (Wildman–Crippen LogP) is 3.29. The second kappa shape index (κ2) is 12.5. The van der Waals surface area contributed by atoms with Crippen LogP contribution in [0.4, 0.5) is 0 Å². The van der Waals surface area contributed by atoms with E-state index in [4.69, 9.17) is 4.99 Å². The lowest BCUT2D eigenvalue weighted by atomic mass is 9.72. The number of hydrogen-bond donors (Lipinski definition) is 3. The van der Waals surface area contributed by atoms with Gasteiger partial charge in [-0.3, -0.25) is 4.99 Å². The van der Waals surface area contributed by atoms with E-state index in [0.29, 0.717) is 0 Å². The number of aliphatic hydroxyl groups excluding tert-OH is 1. The Labute approximate surface area is 147 Å². The molecule has 5 heteroatoms. The number of hydrogen-bond acceptors (Lipinski definition) is 2. The maximum absolute atomic E-state index is 9.35. The van der Waals surface area contributed by atoms with Crippen LogP contribution in [0.3, 0.4) is 0 Å². The summed E-state index contributed by atoms with van der Waals surface area (Å²) in [4.78, 5) is 4.78. The lowest BCUT2D eigenvalue weighted by Crippen LogP contribution is -2.39. The SMILES string of the molecule is CCCCNC(=NCC1(CCO)CCCCC1)NCC.I. The molecule has 21 heavy (non-hydrogen) atoms. The number of aliphatic hydroxyl groups is 1. The van der Waals surface area contributed by atoms with Gasteiger partial charge in [-0.1, -0.05) is 32.6 Å². The summed E-state index contributed by atoms with van der Waals surface area (Å²) in [5, 5.41) is 16.1. The van der Waals surface area contributed by atoms with E-state index in [1.165, 1.54) is 44.9 Å². The van der Waals surface area contributed by atoms with Crippen LogP contribution >= 0.6 is 24.0 Å². The first-order valence-corrected chi connectivity index (χ1v) is 8.39. The van der Waals surface area contributed by atoms with Gasteiger partial charge in [0, 0.05) is 26.2 Å². The minimum atomic E-state index is 0. The average molecular weight is 411 g/mol. The highest BCUT2D eigenvalue weighted by molar-refractivity contribution is 14.0. The van der Waals surface area contributed by atoms with E-state index in [1.807, 2.05) is 0 Å². The van der Waals surface area contributed by atoms with Gasteiger partial charge in [-0.15, -0.1) is 24.0 Å². The lowest BCUT2D eigenvalue weighted by Gasteiger charge is -2.35. The van der Waals surface area contributed by atoms with Crippen LogP contribution in [0, 0.1) is 5.41 Å². The monoisotopic (exact) mass is 411 g/mol. The highest BCUT2D eigenvalue weighted by Crippen LogP contribution is 2.39. The Hall–Kier alpha value is -0.0400. The van der Waals surface area contributed by atoms with Crippen molar-refractivity contribution < 1.29 is 5.11 Å². The van der Waals surface area contributed by atoms with E-state index in [2.05, 4.69) is 24.5 Å². The predicted molar refractivity (Wildman–Crippen MR) is 102 cm³/mol. The number of halogens is 1. The van der Waals surface area contributed by atoms with Gasteiger partial charge < -0.3 is 15.7 Å². The standard InChI is InChI=1S/C16H33N3O.HI/c1-3-5-12-18-15(17-4-2)19-14-16(11-13-20)9-7-6-8-10-16;/h20H,3-14H2,1-2H3,(H2,17,18,19);1H. The van der Waals surface area contributed by atoms with Crippen molar-refractivity contribution in [3.05, 3.63) is 0 Å². The van der Waals surface area contributed by atoms with Gasteiger partial charge in [0.05, 0.1) is 0 Å². The van der Waals surface area contributed by atoms with Gasteiger partial charge in [0.15, 0.2) is 5.96 Å². The zero-order valence-corrected chi connectivity index (χ0v) is 16.1. The van der Waals surface area contributed by atoms with Crippen molar-refractivity contribution in [2.24, 2.45) is 10.4 Å². The van der Waals surface area contributed by atoms with E-state index < -0.39 is 0 Å². The Kier molecular flexibility index (Phi) is 12.5. The molecule has 1 aliphatic rings. The molecule has 0 spiro atoms. The summed E-state index contributed by atoms with van der Waals surface area (Å²) in [6.45, 7) is 7.30. The maximum Gasteiger partial charge on any atom is 0.191 e. The topological polar surface area (TPSA) is 56.7 Å². The first-order valence-electron chi connectivity index (χ1n) is 8.39. The van der Waals surface area contributed by atoms with E-state index in [0.717, 1.165) is 32.0 Å². The summed E-state index contributed by atoms with van der Waals surface area (Å²) in [5.74, 6) is 0.934. The van der Waals surface area contributed by atoms with Crippen LogP contribution in [0.1, 0.15) is 65.2 Å². The Balaban J connectivity index is 0.00000400. The van der Waals surface area contributed by atoms with Gasteiger partial charge >= 0.3 is 0 Å². The molecule has 1 fully saturated rings. The van der Waals surface area contributed by atoms with Crippen molar-refractivity contribution >= 4 is 29.9 Å². The van der Waals surface area contributed by atoms with Gasteiger partial charge in [0.25, 0.3) is 0 Å². The van der Waals surface area contributed by atoms with Crippen LogP contribution in [-0.2, 0) is 0 Å². The largest absolute Gasteiger partial charge is 0.396 e. The van der Waals surface area contributed by atoms with Gasteiger partial charge in [0.2, 0.25) is 0 Å². The average Bonchev–Trinajstić information content (AvgIpc) is 2.46. The highest BCUT2D eigenvalue weighted by Gasteiger charge is 2.31. The fraction of sp³-hybridized carbons (Fsp3) is 0.938. The third-order valence-corrected chi connectivity index (χ3v) is 4.30. The number of nitrogens with one attached hydrogen (secondary N) is 2. The third-order valence-electron chi connectivity index (χ3n) is 4.30. The molecule has 0 radical (unpaired) electrons. The molecule has 0 amide bonds. The first-order chi connectivity index (χ1) is 9.76. The summed E-state index contributed by atoms with van der Waals surface area (Å²) in [6.07, 6.45) is 9.60. The quantitative estimate of drug-likeness (QED) is 0.249. The van der Waals surface area contributed by atoms with Crippen molar-refractivity contribution in [2.45, 2.75) is 65.2 Å². The van der Waals surface area contributed by atoms with Crippen molar-refractivity contribution in [1.29, 1.82) is 0 Å². The smallest absolute Gasteiger partial charge is 0.191 e. The third kappa shape index (κ3) is 8.24. The number of rotatable bonds is 8. The number of unbranched alkanes of at least 4 members (excludes halogenated alkanes) is 1. The molecule has 0 bridgehead atoms. The van der Waals surface area contributed by atoms with Crippen molar-refractivity contribution in [3.8, 4) is 0 Å². The summed E-state index contributed by atoms with van der Waals surface area (Å²) < 4.78 is 0. The van der Waals surface area contributed by atoms with E-state index in [-0.39, 0.29) is 36.0 Å². The number of guanidine groups is 1. The van der Waals surface area contributed by atoms with Crippen LogP contribution in [0.15, 0.2) is 4.99 Å².